The number of ether oxygens (including phenoxy) is 2. The number of benzene rings is 2. The number of esters is 1. The van der Waals surface area contributed by atoms with Gasteiger partial charge in [-0.1, -0.05) is 62.4 Å². The summed E-state index contributed by atoms with van der Waals surface area (Å²) >= 11 is 0. The maximum Gasteiger partial charge on any atom is 0.407 e. The number of hydrogen-bond donors (Lipinski definition) is 4. The number of carbonyl (C=O) groups is 4. The van der Waals surface area contributed by atoms with Gasteiger partial charge in [-0.3, -0.25) is 14.4 Å². The molecular weight excluding hydrogens is 584 g/mol. The van der Waals surface area contributed by atoms with E-state index in [2.05, 4.69) is 20.9 Å². The van der Waals surface area contributed by atoms with Crippen molar-refractivity contribution in [3.8, 4) is 0 Å². The quantitative estimate of drug-likeness (QED) is 0.109. The van der Waals surface area contributed by atoms with Crippen LogP contribution in [0.25, 0.3) is 10.9 Å². The number of hydrogen-bond acceptors (Lipinski definition) is 6. The van der Waals surface area contributed by atoms with Crippen LogP contribution in [-0.4, -0.2) is 53.6 Å². The largest absolute Gasteiger partial charge is 0.460 e. The molecule has 0 aliphatic carbocycles. The van der Waals surface area contributed by atoms with Crippen molar-refractivity contribution in [1.82, 2.24) is 20.9 Å². The van der Waals surface area contributed by atoms with Crippen LogP contribution in [-0.2, 0) is 36.9 Å². The Kier molecular flexibility index (Phi) is 14.1. The number of fused-ring (bicyclic) bond motifs is 1. The van der Waals surface area contributed by atoms with Gasteiger partial charge >= 0.3 is 12.1 Å². The Morgan fingerprint density at radius 1 is 0.848 bits per heavy atom. The molecule has 0 fully saturated rings. The first kappa shape index (κ1) is 36.1. The van der Waals surface area contributed by atoms with Gasteiger partial charge in [0.25, 0.3) is 0 Å². The lowest BCUT2D eigenvalue weighted by Gasteiger charge is -2.25. The first-order valence-electron chi connectivity index (χ1n) is 16.2. The first-order valence-corrected chi connectivity index (χ1v) is 16.2. The highest BCUT2D eigenvalue weighted by Gasteiger charge is 2.30. The number of nitrogens with one attached hydrogen (secondary N) is 4. The molecule has 0 unspecified atom stereocenters. The summed E-state index contributed by atoms with van der Waals surface area (Å²) < 4.78 is 10.7. The molecule has 4 N–H and O–H groups in total. The molecule has 0 radical (unpaired) electrons. The van der Waals surface area contributed by atoms with Gasteiger partial charge in [0.2, 0.25) is 11.8 Å². The molecule has 0 bridgehead atoms. The smallest absolute Gasteiger partial charge is 0.407 e. The summed E-state index contributed by atoms with van der Waals surface area (Å²) in [7, 11) is 0. The topological polar surface area (TPSA) is 139 Å². The monoisotopic (exact) mass is 634 g/mol. The summed E-state index contributed by atoms with van der Waals surface area (Å²) in [6, 6.07) is 16.5. The zero-order valence-corrected chi connectivity index (χ0v) is 27.8. The van der Waals surface area contributed by atoms with Gasteiger partial charge < -0.3 is 30.4 Å². The van der Waals surface area contributed by atoms with Gasteiger partial charge in [0.15, 0.2) is 0 Å². The molecule has 3 amide bonds. The molecule has 3 aromatic rings. The summed E-state index contributed by atoms with van der Waals surface area (Å²) in [6.07, 6.45) is 4.33. The van der Waals surface area contributed by atoms with Gasteiger partial charge in [0, 0.05) is 42.5 Å². The Morgan fingerprint density at radius 2 is 1.52 bits per heavy atom. The minimum absolute atomic E-state index is 0.0590. The number of rotatable bonds is 17. The minimum Gasteiger partial charge on any atom is -0.460 e. The summed E-state index contributed by atoms with van der Waals surface area (Å²) in [5.41, 5.74) is 2.12. The number of alkyl carbamates (subject to hydrolysis) is 1. The van der Waals surface area contributed by atoms with E-state index in [1.165, 1.54) is 0 Å². The van der Waals surface area contributed by atoms with Gasteiger partial charge in [0.05, 0.1) is 6.42 Å². The summed E-state index contributed by atoms with van der Waals surface area (Å²) in [5.74, 6) is -1.53. The molecule has 1 aromatic heterocycles. The Hall–Kier alpha value is -4.34. The fourth-order valence-electron chi connectivity index (χ4n) is 5.18. The van der Waals surface area contributed by atoms with E-state index in [1.807, 2.05) is 74.6 Å². The van der Waals surface area contributed by atoms with Crippen LogP contribution in [0.2, 0.25) is 0 Å². The van der Waals surface area contributed by atoms with Crippen LogP contribution in [0.4, 0.5) is 4.79 Å². The van der Waals surface area contributed by atoms with Crippen molar-refractivity contribution >= 4 is 34.8 Å². The summed E-state index contributed by atoms with van der Waals surface area (Å²) in [6.45, 7) is 10.5. The average Bonchev–Trinajstić information content (AvgIpc) is 3.40. The van der Waals surface area contributed by atoms with E-state index in [4.69, 9.17) is 9.47 Å². The van der Waals surface area contributed by atoms with Crippen molar-refractivity contribution in [2.45, 2.75) is 91.4 Å². The molecule has 2 aromatic carbocycles. The molecule has 10 heteroatoms. The second-order valence-electron chi connectivity index (χ2n) is 13.1. The zero-order chi connectivity index (χ0) is 33.5. The predicted molar refractivity (Wildman–Crippen MR) is 179 cm³/mol. The third-order valence-corrected chi connectivity index (χ3v) is 7.33. The average molecular weight is 635 g/mol. The highest BCUT2D eigenvalue weighted by molar-refractivity contribution is 5.91. The lowest BCUT2D eigenvalue weighted by atomic mass is 9.92. The van der Waals surface area contributed by atoms with Crippen LogP contribution in [0.1, 0.15) is 77.8 Å². The lowest BCUT2D eigenvalue weighted by molar-refractivity contribution is -0.157. The van der Waals surface area contributed by atoms with E-state index >= 15 is 0 Å². The van der Waals surface area contributed by atoms with Gasteiger partial charge in [0.1, 0.15) is 18.2 Å². The maximum atomic E-state index is 13.6. The maximum absolute atomic E-state index is 13.6. The Morgan fingerprint density at radius 3 is 2.22 bits per heavy atom. The van der Waals surface area contributed by atoms with Crippen molar-refractivity contribution in [3.05, 3.63) is 71.9 Å². The molecule has 10 nitrogen and oxygen atoms in total. The molecule has 0 spiro atoms. The fourth-order valence-corrected chi connectivity index (χ4v) is 5.18. The molecule has 2 atom stereocenters. The number of aromatic nitrogens is 1. The number of amides is 3. The Balaban J connectivity index is 1.54. The van der Waals surface area contributed by atoms with Crippen LogP contribution < -0.4 is 16.0 Å². The highest BCUT2D eigenvalue weighted by Crippen LogP contribution is 2.22. The highest BCUT2D eigenvalue weighted by atomic mass is 16.6. The molecular formula is C36H50N4O6. The molecule has 0 saturated carbocycles. The van der Waals surface area contributed by atoms with Crippen molar-refractivity contribution in [2.24, 2.45) is 11.8 Å². The van der Waals surface area contributed by atoms with Crippen LogP contribution in [0.3, 0.4) is 0 Å². The van der Waals surface area contributed by atoms with E-state index in [0.717, 1.165) is 34.9 Å². The van der Waals surface area contributed by atoms with Gasteiger partial charge in [-0.2, -0.15) is 0 Å². The molecule has 46 heavy (non-hydrogen) atoms. The lowest BCUT2D eigenvalue weighted by Crippen LogP contribution is -2.50. The first-order chi connectivity index (χ1) is 21.9. The third kappa shape index (κ3) is 12.9. The van der Waals surface area contributed by atoms with E-state index in [-0.39, 0.29) is 37.2 Å². The van der Waals surface area contributed by atoms with Crippen molar-refractivity contribution in [2.75, 3.05) is 13.1 Å². The fraction of sp³-hybridized carbons (Fsp3) is 0.500. The van der Waals surface area contributed by atoms with Crippen LogP contribution in [0.15, 0.2) is 60.8 Å². The van der Waals surface area contributed by atoms with E-state index in [0.29, 0.717) is 25.9 Å². The van der Waals surface area contributed by atoms with Crippen molar-refractivity contribution in [3.63, 3.8) is 0 Å². The Labute approximate surface area is 272 Å². The van der Waals surface area contributed by atoms with E-state index in [1.54, 1.807) is 20.8 Å². The summed E-state index contributed by atoms with van der Waals surface area (Å²) in [4.78, 5) is 54.8. The van der Waals surface area contributed by atoms with Crippen molar-refractivity contribution in [1.29, 1.82) is 0 Å². The Bertz CT molecular complexity index is 1410. The predicted octanol–water partition coefficient (Wildman–Crippen LogP) is 5.80. The van der Waals surface area contributed by atoms with Gasteiger partial charge in [-0.05, 0) is 69.6 Å². The molecule has 1 heterocycles. The van der Waals surface area contributed by atoms with Crippen LogP contribution in [0, 0.1) is 11.8 Å². The van der Waals surface area contributed by atoms with Crippen LogP contribution >= 0.6 is 0 Å². The van der Waals surface area contributed by atoms with E-state index in [9.17, 15) is 19.2 Å². The zero-order valence-electron chi connectivity index (χ0n) is 27.8. The SMILES string of the molecule is CC(C)C[C@H](CC(=O)OC(C)(C)C)C(=O)N[C@@H](Cc1c[nH]c2ccccc12)C(=O)NCCCCCNC(=O)OCc1ccccc1. The second-order valence-corrected chi connectivity index (χ2v) is 13.1. The second kappa shape index (κ2) is 18.0. The van der Waals surface area contributed by atoms with E-state index < -0.39 is 29.6 Å². The molecule has 0 aliphatic rings. The van der Waals surface area contributed by atoms with Crippen molar-refractivity contribution < 1.29 is 28.7 Å². The third-order valence-electron chi connectivity index (χ3n) is 7.33. The standard InChI is InChI=1S/C36H50N4O6/c1-25(2)20-27(22-32(41)46-36(3,4)5)33(42)40-31(21-28-23-39-30-17-11-10-16-29(28)30)34(43)37-18-12-7-13-19-38-35(44)45-24-26-14-8-6-9-15-26/h6,8-11,14-17,23,25,27,31,39H,7,12-13,18-22,24H2,1-5H3,(H,37,43)(H,38,44)(H,40,42)/t27-,31+/m1/s1. The van der Waals surface area contributed by atoms with Gasteiger partial charge in [-0.15, -0.1) is 0 Å². The van der Waals surface area contributed by atoms with Gasteiger partial charge in [-0.25, -0.2) is 4.79 Å². The number of carbonyl (C=O) groups excluding carboxylic acids is 4. The number of para-hydroxylation sites is 1. The molecule has 0 aliphatic heterocycles. The molecule has 3 rings (SSSR count). The normalized spacial score (nSPS) is 12.7. The number of aromatic amines is 1. The van der Waals surface area contributed by atoms with Crippen LogP contribution in [0.5, 0.6) is 0 Å². The summed E-state index contributed by atoms with van der Waals surface area (Å²) in [5, 5.41) is 9.66. The number of H-pyrrole nitrogens is 1. The molecule has 250 valence electrons. The minimum atomic E-state index is -0.832. The molecule has 0 saturated heterocycles. The number of unbranched alkanes of at least 4 members (excludes halogenated alkanes) is 2.